The Labute approximate surface area is 322 Å². The Balaban J connectivity index is 1.32. The van der Waals surface area contributed by atoms with Gasteiger partial charge in [0.1, 0.15) is 0 Å². The molecular weight excluding hydrogens is 685 g/mol. The molecule has 0 N–H and O–H groups in total. The van der Waals surface area contributed by atoms with Gasteiger partial charge in [-0.3, -0.25) is 4.98 Å². The van der Waals surface area contributed by atoms with Gasteiger partial charge in [0.05, 0.1) is 75.7 Å². The molecule has 10 rings (SSSR count). The average molecular weight is 713 g/mol. The van der Waals surface area contributed by atoms with Crippen LogP contribution in [0.15, 0.2) is 170 Å². The normalized spacial score (nSPS) is 11.2. The standard InChI is InChI=1S/C50H28N6/c1-53-38-22-18-34(19-23-38)36-21-25-43-41-11-5-7-13-45(41)56(47(43)27-36)49-31-54-30-48(50(49)39-9-3-2-8-37(39)29-52)55-44-12-6-4-10-40(44)42-24-20-35(26-46(42)55)33-16-14-32(28-51)15-17-33/h2-27,30-31H. The third-order valence-electron chi connectivity index (χ3n) is 10.7. The van der Waals surface area contributed by atoms with Crippen LogP contribution in [0.4, 0.5) is 5.69 Å². The molecule has 0 amide bonds. The number of rotatable bonds is 5. The molecule has 0 atom stereocenters. The van der Waals surface area contributed by atoms with E-state index in [1.165, 1.54) is 0 Å². The molecule has 6 heteroatoms. The van der Waals surface area contributed by atoms with Crippen molar-refractivity contribution in [3.63, 3.8) is 0 Å². The van der Waals surface area contributed by atoms with Crippen LogP contribution in [0.1, 0.15) is 11.1 Å². The summed E-state index contributed by atoms with van der Waals surface area (Å²) in [7, 11) is 0. The number of nitriles is 2. The summed E-state index contributed by atoms with van der Waals surface area (Å²) in [5.41, 5.74) is 13.2. The highest BCUT2D eigenvalue weighted by atomic mass is 15.0. The largest absolute Gasteiger partial charge is 0.307 e. The lowest BCUT2D eigenvalue weighted by atomic mass is 9.97. The van der Waals surface area contributed by atoms with Gasteiger partial charge in [0, 0.05) is 32.7 Å². The lowest BCUT2D eigenvalue weighted by Crippen LogP contribution is -2.05. The Morgan fingerprint density at radius 3 is 1.50 bits per heavy atom. The quantitative estimate of drug-likeness (QED) is 0.167. The number of fused-ring (bicyclic) bond motifs is 6. The minimum atomic E-state index is 0.557. The fraction of sp³-hybridized carbons (Fsp3) is 0. The zero-order valence-corrected chi connectivity index (χ0v) is 29.8. The average Bonchev–Trinajstić information content (AvgIpc) is 3.78. The van der Waals surface area contributed by atoms with Crippen molar-refractivity contribution in [3.05, 3.63) is 193 Å². The van der Waals surface area contributed by atoms with E-state index in [2.05, 4.69) is 111 Å². The van der Waals surface area contributed by atoms with Gasteiger partial charge in [-0.15, -0.1) is 0 Å². The van der Waals surface area contributed by atoms with E-state index in [0.717, 1.165) is 88.4 Å². The molecule has 0 spiro atoms. The van der Waals surface area contributed by atoms with Gasteiger partial charge in [-0.25, -0.2) is 4.85 Å². The summed E-state index contributed by atoms with van der Waals surface area (Å²) < 4.78 is 4.55. The molecule has 56 heavy (non-hydrogen) atoms. The fourth-order valence-electron chi connectivity index (χ4n) is 8.14. The van der Waals surface area contributed by atoms with Crippen LogP contribution >= 0.6 is 0 Å². The number of pyridine rings is 1. The molecule has 0 aliphatic rings. The highest BCUT2D eigenvalue weighted by Gasteiger charge is 2.24. The molecule has 0 fully saturated rings. The Bertz CT molecular complexity index is 3130. The number of aromatic nitrogens is 3. The smallest absolute Gasteiger partial charge is 0.187 e. The van der Waals surface area contributed by atoms with Gasteiger partial charge in [-0.2, -0.15) is 10.5 Å². The Morgan fingerprint density at radius 2 is 0.964 bits per heavy atom. The molecule has 10 aromatic rings. The molecule has 3 heterocycles. The van der Waals surface area contributed by atoms with E-state index < -0.39 is 0 Å². The van der Waals surface area contributed by atoms with E-state index in [4.69, 9.17) is 11.6 Å². The number of hydrogen-bond acceptors (Lipinski definition) is 3. The van der Waals surface area contributed by atoms with Gasteiger partial charge < -0.3 is 9.13 Å². The molecule has 0 aliphatic carbocycles. The minimum absolute atomic E-state index is 0.557. The van der Waals surface area contributed by atoms with Crippen LogP contribution < -0.4 is 0 Å². The van der Waals surface area contributed by atoms with Crippen molar-refractivity contribution in [1.29, 1.82) is 10.5 Å². The lowest BCUT2D eigenvalue weighted by Gasteiger charge is -2.20. The molecule has 0 saturated heterocycles. The Morgan fingerprint density at radius 1 is 0.482 bits per heavy atom. The van der Waals surface area contributed by atoms with Gasteiger partial charge in [-0.05, 0) is 64.7 Å². The monoisotopic (exact) mass is 712 g/mol. The molecule has 0 aliphatic heterocycles. The number of para-hydroxylation sites is 2. The predicted molar refractivity (Wildman–Crippen MR) is 225 cm³/mol. The maximum Gasteiger partial charge on any atom is 0.187 e. The van der Waals surface area contributed by atoms with Crippen molar-refractivity contribution in [3.8, 4) is 56.9 Å². The van der Waals surface area contributed by atoms with E-state index in [0.29, 0.717) is 16.8 Å². The summed E-state index contributed by atoms with van der Waals surface area (Å²) in [4.78, 5) is 8.57. The molecule has 7 aromatic carbocycles. The first-order chi connectivity index (χ1) is 27.6. The maximum absolute atomic E-state index is 10.6. The van der Waals surface area contributed by atoms with Crippen LogP contribution in [-0.4, -0.2) is 14.1 Å². The first-order valence-electron chi connectivity index (χ1n) is 18.2. The van der Waals surface area contributed by atoms with Gasteiger partial charge in [-0.1, -0.05) is 115 Å². The summed E-state index contributed by atoms with van der Waals surface area (Å²) in [5.74, 6) is 0. The SMILES string of the molecule is [C-]#[N+]c1ccc(-c2ccc3c4ccccc4n(-c4cncc(-n5c6ccccc6c6ccc(-c7ccc(C#N)cc7)cc65)c4-c4ccccc4C#N)c3c2)cc1. The van der Waals surface area contributed by atoms with Gasteiger partial charge in [0.2, 0.25) is 0 Å². The van der Waals surface area contributed by atoms with Gasteiger partial charge in [0.15, 0.2) is 5.69 Å². The van der Waals surface area contributed by atoms with E-state index in [1.807, 2.05) is 85.2 Å². The minimum Gasteiger partial charge on any atom is -0.307 e. The van der Waals surface area contributed by atoms with E-state index in [-0.39, 0.29) is 0 Å². The summed E-state index contributed by atoms with van der Waals surface area (Å²) in [6, 6.07) is 57.7. The highest BCUT2D eigenvalue weighted by Crippen LogP contribution is 2.43. The zero-order valence-electron chi connectivity index (χ0n) is 29.8. The third kappa shape index (κ3) is 5.05. The van der Waals surface area contributed by atoms with Gasteiger partial charge >= 0.3 is 0 Å². The first kappa shape index (κ1) is 32.4. The second kappa shape index (κ2) is 13.0. The third-order valence-corrected chi connectivity index (χ3v) is 10.7. The molecule has 0 bridgehead atoms. The second-order valence-electron chi connectivity index (χ2n) is 13.7. The Hall–Kier alpha value is -8.24. The van der Waals surface area contributed by atoms with Crippen LogP contribution in [-0.2, 0) is 0 Å². The second-order valence-corrected chi connectivity index (χ2v) is 13.7. The summed E-state index contributed by atoms with van der Waals surface area (Å²) in [5, 5.41) is 24.4. The predicted octanol–water partition coefficient (Wildman–Crippen LogP) is 12.6. The van der Waals surface area contributed by atoms with Crippen LogP contribution in [0, 0.1) is 29.2 Å². The molecule has 0 unspecified atom stereocenters. The Kier molecular flexibility index (Phi) is 7.53. The number of hydrogen-bond donors (Lipinski definition) is 0. The summed E-state index contributed by atoms with van der Waals surface area (Å²) in [6.07, 6.45) is 3.82. The zero-order chi connectivity index (χ0) is 37.8. The van der Waals surface area contributed by atoms with E-state index in [1.54, 1.807) is 0 Å². The summed E-state index contributed by atoms with van der Waals surface area (Å²) >= 11 is 0. The molecule has 6 nitrogen and oxygen atoms in total. The summed E-state index contributed by atoms with van der Waals surface area (Å²) in [6.45, 7) is 7.44. The van der Waals surface area contributed by atoms with Gasteiger partial charge in [0.25, 0.3) is 0 Å². The molecule has 3 aromatic heterocycles. The fourth-order valence-corrected chi connectivity index (χ4v) is 8.14. The van der Waals surface area contributed by atoms with Crippen molar-refractivity contribution < 1.29 is 0 Å². The first-order valence-corrected chi connectivity index (χ1v) is 18.2. The number of nitrogens with zero attached hydrogens (tertiary/aromatic N) is 6. The van der Waals surface area contributed by atoms with Crippen molar-refractivity contribution in [1.82, 2.24) is 14.1 Å². The van der Waals surface area contributed by atoms with Crippen molar-refractivity contribution in [2.45, 2.75) is 0 Å². The maximum atomic E-state index is 10.6. The van der Waals surface area contributed by atoms with Crippen LogP contribution in [0.2, 0.25) is 0 Å². The van der Waals surface area contributed by atoms with Crippen LogP contribution in [0.25, 0.3) is 93.2 Å². The number of benzene rings is 7. The molecule has 0 radical (unpaired) electrons. The van der Waals surface area contributed by atoms with Crippen molar-refractivity contribution in [2.75, 3.05) is 0 Å². The molecular formula is C50H28N6. The van der Waals surface area contributed by atoms with Crippen molar-refractivity contribution >= 4 is 49.3 Å². The molecule has 0 saturated carbocycles. The topological polar surface area (TPSA) is 74.7 Å². The van der Waals surface area contributed by atoms with Crippen LogP contribution in [0.3, 0.4) is 0 Å². The molecule has 258 valence electrons. The lowest BCUT2D eigenvalue weighted by molar-refractivity contribution is 1.09. The van der Waals surface area contributed by atoms with E-state index >= 15 is 0 Å². The van der Waals surface area contributed by atoms with Crippen molar-refractivity contribution in [2.24, 2.45) is 0 Å². The van der Waals surface area contributed by atoms with E-state index in [9.17, 15) is 10.5 Å². The highest BCUT2D eigenvalue weighted by molar-refractivity contribution is 6.13. The van der Waals surface area contributed by atoms with Crippen LogP contribution in [0.5, 0.6) is 0 Å².